The van der Waals surface area contributed by atoms with Gasteiger partial charge in [-0.1, -0.05) is 12.2 Å². The Balaban J connectivity index is 2.70. The third kappa shape index (κ3) is 3.43. The summed E-state index contributed by atoms with van der Waals surface area (Å²) in [5.74, 6) is 0. The average molecular weight is 238 g/mol. The minimum Gasteiger partial charge on any atom is -0.389 e. The van der Waals surface area contributed by atoms with Crippen LogP contribution in [0.3, 0.4) is 0 Å². The molecule has 1 atom stereocenters. The van der Waals surface area contributed by atoms with Gasteiger partial charge in [0.2, 0.25) is 0 Å². The fourth-order valence-electron chi connectivity index (χ4n) is 1.19. The van der Waals surface area contributed by atoms with Crippen molar-refractivity contribution in [1.82, 2.24) is 9.88 Å². The van der Waals surface area contributed by atoms with Crippen molar-refractivity contribution in [3.63, 3.8) is 0 Å². The minimum absolute atomic E-state index is 0.391. The molecule has 0 spiro atoms. The molecule has 1 heterocycles. The minimum atomic E-state index is 0.391. The topological polar surface area (TPSA) is 54.2 Å². The highest BCUT2D eigenvalue weighted by Crippen LogP contribution is 2.13. The van der Waals surface area contributed by atoms with Crippen LogP contribution < -0.4 is 11.1 Å². The van der Waals surface area contributed by atoms with Gasteiger partial charge in [-0.2, -0.15) is 0 Å². The first-order valence-electron chi connectivity index (χ1n) is 5.16. The predicted octanol–water partition coefficient (Wildman–Crippen LogP) is 1.08. The van der Waals surface area contributed by atoms with Crippen molar-refractivity contribution < 1.29 is 0 Å². The molecule has 3 N–H and O–H groups in total. The van der Waals surface area contributed by atoms with Gasteiger partial charge < -0.3 is 16.0 Å². The Kier molecular flexibility index (Phi) is 4.64. The van der Waals surface area contributed by atoms with Crippen LogP contribution in [0.25, 0.3) is 0 Å². The van der Waals surface area contributed by atoms with Crippen LogP contribution in [0.15, 0.2) is 18.5 Å². The Labute approximate surface area is 102 Å². The van der Waals surface area contributed by atoms with Gasteiger partial charge in [0.1, 0.15) is 4.99 Å². The van der Waals surface area contributed by atoms with Crippen molar-refractivity contribution in [2.45, 2.75) is 13.0 Å². The molecule has 0 aromatic carbocycles. The van der Waals surface area contributed by atoms with Crippen LogP contribution in [0.2, 0.25) is 0 Å². The van der Waals surface area contributed by atoms with E-state index in [1.165, 1.54) is 0 Å². The first kappa shape index (κ1) is 12.9. The molecule has 0 radical (unpaired) electrons. The molecule has 0 saturated heterocycles. The quantitative estimate of drug-likeness (QED) is 0.752. The van der Waals surface area contributed by atoms with Crippen molar-refractivity contribution in [3.8, 4) is 0 Å². The van der Waals surface area contributed by atoms with Gasteiger partial charge in [-0.15, -0.1) is 0 Å². The number of thiocarbonyl (C=S) groups is 1. The summed E-state index contributed by atoms with van der Waals surface area (Å²) in [4.78, 5) is 6.59. The summed E-state index contributed by atoms with van der Waals surface area (Å²) in [6.07, 6.45) is 3.44. The molecule has 4 nitrogen and oxygen atoms in total. The first-order chi connectivity index (χ1) is 7.52. The van der Waals surface area contributed by atoms with Crippen LogP contribution in [0.1, 0.15) is 12.5 Å². The summed E-state index contributed by atoms with van der Waals surface area (Å²) < 4.78 is 0. The van der Waals surface area contributed by atoms with E-state index in [1.807, 2.05) is 20.2 Å². The van der Waals surface area contributed by atoms with Gasteiger partial charge in [0.05, 0.1) is 11.9 Å². The fraction of sp³-hybridized carbons (Fsp3) is 0.455. The lowest BCUT2D eigenvalue weighted by Crippen LogP contribution is -2.32. The van der Waals surface area contributed by atoms with E-state index in [4.69, 9.17) is 18.0 Å². The van der Waals surface area contributed by atoms with Crippen LogP contribution in [0, 0.1) is 0 Å². The highest BCUT2D eigenvalue weighted by molar-refractivity contribution is 7.80. The smallest absolute Gasteiger partial charge is 0.106 e. The molecule has 0 aliphatic rings. The van der Waals surface area contributed by atoms with Crippen molar-refractivity contribution >= 4 is 22.9 Å². The molecule has 1 unspecified atom stereocenters. The SMILES string of the molecule is CC(CNc1cnccc1C(N)=S)N(C)C. The van der Waals surface area contributed by atoms with Crippen molar-refractivity contribution in [1.29, 1.82) is 0 Å². The first-order valence-corrected chi connectivity index (χ1v) is 5.57. The summed E-state index contributed by atoms with van der Waals surface area (Å²) in [6.45, 7) is 2.97. The molecule has 16 heavy (non-hydrogen) atoms. The van der Waals surface area contributed by atoms with E-state index in [1.54, 1.807) is 12.4 Å². The average Bonchev–Trinajstić information content (AvgIpc) is 2.25. The van der Waals surface area contributed by atoms with Crippen LogP contribution in [-0.4, -0.2) is 41.6 Å². The Bertz CT molecular complexity index is 365. The normalized spacial score (nSPS) is 12.5. The Morgan fingerprint density at radius 3 is 2.88 bits per heavy atom. The van der Waals surface area contributed by atoms with Gasteiger partial charge in [-0.25, -0.2) is 0 Å². The standard InChI is InChI=1S/C11H18N4S/c1-8(15(2)3)6-14-10-7-13-5-4-9(10)11(12)16/h4-5,7-8,14H,6H2,1-3H3,(H2,12,16). The molecule has 88 valence electrons. The summed E-state index contributed by atoms with van der Waals surface area (Å²) in [7, 11) is 4.09. The Morgan fingerprint density at radius 2 is 2.31 bits per heavy atom. The summed E-state index contributed by atoms with van der Waals surface area (Å²) in [5, 5.41) is 3.30. The molecule has 0 saturated carbocycles. The Morgan fingerprint density at radius 1 is 1.62 bits per heavy atom. The monoisotopic (exact) mass is 238 g/mol. The number of hydrogen-bond donors (Lipinski definition) is 2. The molecule has 0 aliphatic heterocycles. The number of aromatic nitrogens is 1. The fourth-order valence-corrected chi connectivity index (χ4v) is 1.37. The number of anilines is 1. The zero-order chi connectivity index (χ0) is 12.1. The maximum absolute atomic E-state index is 5.63. The predicted molar refractivity (Wildman–Crippen MR) is 71.8 cm³/mol. The van der Waals surface area contributed by atoms with Crippen LogP contribution in [-0.2, 0) is 0 Å². The van der Waals surface area contributed by atoms with Gasteiger partial charge in [0.25, 0.3) is 0 Å². The van der Waals surface area contributed by atoms with Crippen LogP contribution >= 0.6 is 12.2 Å². The molecule has 0 aliphatic carbocycles. The number of nitrogens with one attached hydrogen (secondary N) is 1. The third-order valence-corrected chi connectivity index (χ3v) is 2.78. The zero-order valence-electron chi connectivity index (χ0n) is 9.90. The molecule has 5 heteroatoms. The van der Waals surface area contributed by atoms with Gasteiger partial charge in [-0.3, -0.25) is 4.98 Å². The molecule has 1 aromatic heterocycles. The van der Waals surface area contributed by atoms with Crippen LogP contribution in [0.4, 0.5) is 5.69 Å². The molecule has 1 rings (SSSR count). The van der Waals surface area contributed by atoms with E-state index in [9.17, 15) is 0 Å². The zero-order valence-corrected chi connectivity index (χ0v) is 10.7. The lowest BCUT2D eigenvalue weighted by molar-refractivity contribution is 0.326. The van der Waals surface area contributed by atoms with E-state index < -0.39 is 0 Å². The van der Waals surface area contributed by atoms with Crippen LogP contribution in [0.5, 0.6) is 0 Å². The number of rotatable bonds is 5. The highest BCUT2D eigenvalue weighted by Gasteiger charge is 2.07. The van der Waals surface area contributed by atoms with Crippen molar-refractivity contribution in [2.75, 3.05) is 26.0 Å². The summed E-state index contributed by atoms with van der Waals surface area (Å²) in [5.41, 5.74) is 7.37. The lowest BCUT2D eigenvalue weighted by atomic mass is 10.2. The van der Waals surface area contributed by atoms with Crippen molar-refractivity contribution in [3.05, 3.63) is 24.0 Å². The largest absolute Gasteiger partial charge is 0.389 e. The van der Waals surface area contributed by atoms with E-state index in [0.29, 0.717) is 11.0 Å². The Hall–Kier alpha value is -1.20. The lowest BCUT2D eigenvalue weighted by Gasteiger charge is -2.21. The van der Waals surface area contributed by atoms with Crippen molar-refractivity contribution in [2.24, 2.45) is 5.73 Å². The van der Waals surface area contributed by atoms with E-state index in [2.05, 4.69) is 22.1 Å². The summed E-state index contributed by atoms with van der Waals surface area (Å²) >= 11 is 4.98. The van der Waals surface area contributed by atoms with E-state index >= 15 is 0 Å². The second kappa shape index (κ2) is 5.77. The maximum Gasteiger partial charge on any atom is 0.106 e. The molecule has 0 amide bonds. The molecule has 1 aromatic rings. The van der Waals surface area contributed by atoms with Gasteiger partial charge >= 0.3 is 0 Å². The summed E-state index contributed by atoms with van der Waals surface area (Å²) in [6, 6.07) is 2.25. The number of nitrogens with zero attached hydrogens (tertiary/aromatic N) is 2. The highest BCUT2D eigenvalue weighted by atomic mass is 32.1. The molecule has 0 fully saturated rings. The number of hydrogen-bond acceptors (Lipinski definition) is 4. The molecule has 0 bridgehead atoms. The second-order valence-corrected chi connectivity index (χ2v) is 4.42. The molecular formula is C11H18N4S. The maximum atomic E-state index is 5.63. The van der Waals surface area contributed by atoms with Gasteiger partial charge in [0, 0.05) is 24.3 Å². The number of likely N-dealkylation sites (N-methyl/N-ethyl adjacent to an activating group) is 1. The van der Waals surface area contributed by atoms with E-state index in [0.717, 1.165) is 17.8 Å². The van der Waals surface area contributed by atoms with Gasteiger partial charge in [-0.05, 0) is 27.1 Å². The third-order valence-electron chi connectivity index (χ3n) is 2.56. The van der Waals surface area contributed by atoms with E-state index in [-0.39, 0.29) is 0 Å². The molecular weight excluding hydrogens is 220 g/mol. The van der Waals surface area contributed by atoms with Gasteiger partial charge in [0.15, 0.2) is 0 Å². The number of nitrogens with two attached hydrogens (primary N) is 1. The second-order valence-electron chi connectivity index (χ2n) is 3.98. The number of pyridine rings is 1.